The number of anilines is 1. The van der Waals surface area contributed by atoms with Crippen LogP contribution in [0.4, 0.5) is 5.13 Å². The van der Waals surface area contributed by atoms with Crippen molar-refractivity contribution in [3.8, 4) is 0 Å². The van der Waals surface area contributed by atoms with Gasteiger partial charge in [0.05, 0.1) is 6.04 Å². The van der Waals surface area contributed by atoms with Crippen LogP contribution in [0.2, 0.25) is 0 Å². The van der Waals surface area contributed by atoms with E-state index in [2.05, 4.69) is 46.4 Å². The first-order valence-electron chi connectivity index (χ1n) is 6.02. The summed E-state index contributed by atoms with van der Waals surface area (Å²) in [6.45, 7) is 5.75. The second-order valence-electron chi connectivity index (χ2n) is 4.10. The van der Waals surface area contributed by atoms with Crippen LogP contribution in [0, 0.1) is 6.92 Å². The van der Waals surface area contributed by atoms with Crippen LogP contribution in [-0.4, -0.2) is 10.2 Å². The minimum absolute atomic E-state index is 0.261. The maximum absolute atomic E-state index is 4.12. The Morgan fingerprint density at radius 3 is 2.72 bits per heavy atom. The van der Waals surface area contributed by atoms with Crippen molar-refractivity contribution in [3.05, 3.63) is 53.6 Å². The molecule has 0 spiro atoms. The van der Waals surface area contributed by atoms with Crippen LogP contribution < -0.4 is 5.32 Å². The normalized spacial score (nSPS) is 12.1. The lowest BCUT2D eigenvalue weighted by atomic mass is 10.0. The summed E-state index contributed by atoms with van der Waals surface area (Å²) in [6.07, 6.45) is 3.93. The number of nitrogens with zero attached hydrogens (tertiary/aromatic N) is 2. The highest BCUT2D eigenvalue weighted by Crippen LogP contribution is 2.25. The lowest BCUT2D eigenvalue weighted by Crippen LogP contribution is -2.10. The van der Waals surface area contributed by atoms with Crippen LogP contribution in [0.3, 0.4) is 0 Å². The molecule has 0 aliphatic carbocycles. The van der Waals surface area contributed by atoms with Gasteiger partial charge in [-0.1, -0.05) is 47.7 Å². The first-order valence-corrected chi connectivity index (χ1v) is 6.83. The van der Waals surface area contributed by atoms with Gasteiger partial charge in [0.1, 0.15) is 5.01 Å². The molecule has 4 heteroatoms. The van der Waals surface area contributed by atoms with E-state index in [0.717, 1.165) is 23.0 Å². The molecule has 0 aliphatic heterocycles. The average Bonchev–Trinajstić information content (AvgIpc) is 2.81. The van der Waals surface area contributed by atoms with Crippen LogP contribution in [-0.2, 0) is 0 Å². The summed E-state index contributed by atoms with van der Waals surface area (Å²) in [5.41, 5.74) is 1.27. The Morgan fingerprint density at radius 1 is 1.33 bits per heavy atom. The zero-order chi connectivity index (χ0) is 12.8. The smallest absolute Gasteiger partial charge is 0.206 e. The molecule has 1 N–H and O–H groups in total. The van der Waals surface area contributed by atoms with Crippen molar-refractivity contribution in [2.24, 2.45) is 0 Å². The van der Waals surface area contributed by atoms with Gasteiger partial charge >= 0.3 is 0 Å². The van der Waals surface area contributed by atoms with E-state index >= 15 is 0 Å². The van der Waals surface area contributed by atoms with Gasteiger partial charge in [-0.05, 0) is 25.3 Å². The second kappa shape index (κ2) is 6.31. The molecule has 1 aromatic carbocycles. The van der Waals surface area contributed by atoms with Gasteiger partial charge in [-0.3, -0.25) is 0 Å². The second-order valence-corrected chi connectivity index (χ2v) is 5.28. The molecule has 1 unspecified atom stereocenters. The summed E-state index contributed by atoms with van der Waals surface area (Å²) < 4.78 is 0. The molecular weight excluding hydrogens is 242 g/mol. The van der Waals surface area contributed by atoms with E-state index < -0.39 is 0 Å². The monoisotopic (exact) mass is 259 g/mol. The molecule has 1 aromatic heterocycles. The third-order valence-electron chi connectivity index (χ3n) is 2.69. The first-order chi connectivity index (χ1) is 8.79. The molecule has 94 valence electrons. The van der Waals surface area contributed by atoms with Gasteiger partial charge < -0.3 is 5.32 Å². The fourth-order valence-corrected chi connectivity index (χ4v) is 2.44. The van der Waals surface area contributed by atoms with Crippen molar-refractivity contribution in [1.82, 2.24) is 10.2 Å². The van der Waals surface area contributed by atoms with Gasteiger partial charge in [0, 0.05) is 0 Å². The van der Waals surface area contributed by atoms with Crippen molar-refractivity contribution >= 4 is 16.5 Å². The van der Waals surface area contributed by atoms with E-state index in [0.29, 0.717) is 0 Å². The van der Waals surface area contributed by atoms with E-state index in [1.165, 1.54) is 5.56 Å². The molecule has 3 nitrogen and oxygen atoms in total. The summed E-state index contributed by atoms with van der Waals surface area (Å²) in [5.74, 6) is 0. The van der Waals surface area contributed by atoms with Crippen molar-refractivity contribution in [1.29, 1.82) is 0 Å². The van der Waals surface area contributed by atoms with Gasteiger partial charge in [-0.15, -0.1) is 16.8 Å². The molecule has 0 bridgehead atoms. The molecule has 18 heavy (non-hydrogen) atoms. The summed E-state index contributed by atoms with van der Waals surface area (Å²) in [7, 11) is 0. The summed E-state index contributed by atoms with van der Waals surface area (Å²) in [5, 5.41) is 13.5. The predicted molar refractivity (Wildman–Crippen MR) is 76.9 cm³/mol. The van der Waals surface area contributed by atoms with Crippen LogP contribution in [0.1, 0.15) is 29.5 Å². The molecule has 0 aliphatic rings. The molecule has 0 saturated carbocycles. The van der Waals surface area contributed by atoms with E-state index in [4.69, 9.17) is 0 Å². The fourth-order valence-electron chi connectivity index (χ4n) is 1.80. The summed E-state index contributed by atoms with van der Waals surface area (Å²) in [4.78, 5) is 0. The number of benzene rings is 1. The Balaban J connectivity index is 2.12. The zero-order valence-electron chi connectivity index (χ0n) is 10.5. The first kappa shape index (κ1) is 12.8. The SMILES string of the molecule is C=CCCC(Nc1nnc(C)s1)c1ccccc1. The van der Waals surface area contributed by atoms with Gasteiger partial charge in [0.25, 0.3) is 0 Å². The lowest BCUT2D eigenvalue weighted by molar-refractivity contribution is 0.702. The largest absolute Gasteiger partial charge is 0.353 e. The number of hydrogen-bond donors (Lipinski definition) is 1. The minimum Gasteiger partial charge on any atom is -0.353 e. The highest BCUT2D eigenvalue weighted by molar-refractivity contribution is 7.15. The quantitative estimate of drug-likeness (QED) is 0.798. The molecule has 1 heterocycles. The average molecular weight is 259 g/mol. The van der Waals surface area contributed by atoms with E-state index in [1.54, 1.807) is 11.3 Å². The van der Waals surface area contributed by atoms with Gasteiger partial charge in [-0.2, -0.15) is 0 Å². The number of aromatic nitrogens is 2. The molecular formula is C14H17N3S. The van der Waals surface area contributed by atoms with Crippen molar-refractivity contribution in [3.63, 3.8) is 0 Å². The summed E-state index contributed by atoms with van der Waals surface area (Å²) >= 11 is 1.59. The Kier molecular flexibility index (Phi) is 4.47. The van der Waals surface area contributed by atoms with Gasteiger partial charge in [0.15, 0.2) is 0 Å². The number of allylic oxidation sites excluding steroid dienone is 1. The highest BCUT2D eigenvalue weighted by Gasteiger charge is 2.12. The van der Waals surface area contributed by atoms with Gasteiger partial charge in [-0.25, -0.2) is 0 Å². The zero-order valence-corrected chi connectivity index (χ0v) is 11.3. The Labute approximate surface area is 112 Å². The van der Waals surface area contributed by atoms with Gasteiger partial charge in [0.2, 0.25) is 5.13 Å². The Morgan fingerprint density at radius 2 is 2.11 bits per heavy atom. The van der Waals surface area contributed by atoms with Crippen molar-refractivity contribution < 1.29 is 0 Å². The number of rotatable bonds is 6. The third-order valence-corrected chi connectivity index (χ3v) is 3.46. The van der Waals surface area contributed by atoms with Crippen LogP contribution in [0.25, 0.3) is 0 Å². The number of hydrogen-bond acceptors (Lipinski definition) is 4. The van der Waals surface area contributed by atoms with Crippen LogP contribution >= 0.6 is 11.3 Å². The van der Waals surface area contributed by atoms with E-state index in [1.807, 2.05) is 19.1 Å². The van der Waals surface area contributed by atoms with E-state index in [9.17, 15) is 0 Å². The molecule has 2 aromatic rings. The predicted octanol–water partition coefficient (Wildman–Crippen LogP) is 3.97. The number of aryl methyl sites for hydroxylation is 1. The maximum Gasteiger partial charge on any atom is 0.206 e. The van der Waals surface area contributed by atoms with E-state index in [-0.39, 0.29) is 6.04 Å². The van der Waals surface area contributed by atoms with Crippen molar-refractivity contribution in [2.45, 2.75) is 25.8 Å². The van der Waals surface area contributed by atoms with Crippen LogP contribution in [0.5, 0.6) is 0 Å². The fraction of sp³-hybridized carbons (Fsp3) is 0.286. The lowest BCUT2D eigenvalue weighted by Gasteiger charge is -2.17. The van der Waals surface area contributed by atoms with Crippen molar-refractivity contribution in [2.75, 3.05) is 5.32 Å². The standard InChI is InChI=1S/C14H17N3S/c1-3-4-10-13(12-8-6-5-7-9-12)15-14-17-16-11(2)18-14/h3,5-9,13H,1,4,10H2,2H3,(H,15,17). The molecule has 0 radical (unpaired) electrons. The molecule has 2 rings (SSSR count). The Bertz CT molecular complexity index is 493. The molecule has 0 amide bonds. The maximum atomic E-state index is 4.12. The number of nitrogens with one attached hydrogen (secondary N) is 1. The Hall–Kier alpha value is -1.68. The minimum atomic E-state index is 0.261. The summed E-state index contributed by atoms with van der Waals surface area (Å²) in [6, 6.07) is 10.7. The third kappa shape index (κ3) is 3.40. The molecule has 1 atom stereocenters. The highest BCUT2D eigenvalue weighted by atomic mass is 32.1. The van der Waals surface area contributed by atoms with Crippen LogP contribution in [0.15, 0.2) is 43.0 Å². The topological polar surface area (TPSA) is 37.8 Å². The molecule has 0 saturated heterocycles. The molecule has 0 fully saturated rings.